The summed E-state index contributed by atoms with van der Waals surface area (Å²) in [6.45, 7) is 0.500. The fourth-order valence-electron chi connectivity index (χ4n) is 2.16. The Morgan fingerprint density at radius 2 is 1.91 bits per heavy atom. The van der Waals surface area contributed by atoms with Crippen molar-refractivity contribution in [2.45, 2.75) is 31.7 Å². The average Bonchev–Trinajstić information content (AvgIpc) is 3.35. The first-order chi connectivity index (χ1) is 10.1. The minimum absolute atomic E-state index is 0. The van der Waals surface area contributed by atoms with Gasteiger partial charge in [0.2, 0.25) is 5.91 Å². The van der Waals surface area contributed by atoms with Gasteiger partial charge in [0, 0.05) is 31.0 Å². The van der Waals surface area contributed by atoms with Crippen LogP contribution < -0.4 is 15.8 Å². The summed E-state index contributed by atoms with van der Waals surface area (Å²) in [4.78, 5) is 23.6. The van der Waals surface area contributed by atoms with Gasteiger partial charge in [-0.3, -0.25) is 9.59 Å². The lowest BCUT2D eigenvalue weighted by atomic mass is 10.1. The van der Waals surface area contributed by atoms with Gasteiger partial charge in [0.05, 0.1) is 7.11 Å². The minimum atomic E-state index is -0.118. The minimum Gasteiger partial charge on any atom is -0.497 e. The molecule has 0 spiro atoms. The van der Waals surface area contributed by atoms with E-state index in [4.69, 9.17) is 10.5 Å². The van der Waals surface area contributed by atoms with Gasteiger partial charge in [0.1, 0.15) is 5.75 Å². The van der Waals surface area contributed by atoms with Gasteiger partial charge in [-0.05, 0) is 43.0 Å². The zero-order valence-electron chi connectivity index (χ0n) is 12.7. The van der Waals surface area contributed by atoms with Crippen molar-refractivity contribution < 1.29 is 14.3 Å². The number of nitrogens with one attached hydrogen (secondary N) is 1. The highest BCUT2D eigenvalue weighted by molar-refractivity contribution is 5.98. The normalized spacial score (nSPS) is 14.6. The number of ketones is 1. The maximum Gasteiger partial charge on any atom is 0.220 e. The Bertz CT molecular complexity index is 501. The Kier molecular flexibility index (Phi) is 7.35. The number of benzene rings is 1. The molecule has 2 rings (SSSR count). The Morgan fingerprint density at radius 1 is 1.27 bits per heavy atom. The van der Waals surface area contributed by atoms with Crippen LogP contribution in [0.2, 0.25) is 0 Å². The second kappa shape index (κ2) is 8.76. The van der Waals surface area contributed by atoms with Crippen LogP contribution in [0.3, 0.4) is 0 Å². The molecule has 1 atom stereocenters. The van der Waals surface area contributed by atoms with Crippen LogP contribution in [-0.4, -0.2) is 31.4 Å². The summed E-state index contributed by atoms with van der Waals surface area (Å²) in [6, 6.07) is 6.94. The molecular formula is C16H23ClN2O3. The van der Waals surface area contributed by atoms with Crippen molar-refractivity contribution in [2.75, 3.05) is 13.7 Å². The van der Waals surface area contributed by atoms with Gasteiger partial charge in [0.25, 0.3) is 0 Å². The molecule has 5 nitrogen and oxygen atoms in total. The molecule has 122 valence electrons. The van der Waals surface area contributed by atoms with Crippen molar-refractivity contribution in [3.8, 4) is 5.75 Å². The van der Waals surface area contributed by atoms with Crippen molar-refractivity contribution in [3.05, 3.63) is 29.8 Å². The summed E-state index contributed by atoms with van der Waals surface area (Å²) in [5.41, 5.74) is 6.50. The van der Waals surface area contributed by atoms with Crippen molar-refractivity contribution in [1.82, 2.24) is 5.32 Å². The van der Waals surface area contributed by atoms with Crippen molar-refractivity contribution >= 4 is 24.1 Å². The number of hydrogen-bond donors (Lipinski definition) is 2. The van der Waals surface area contributed by atoms with E-state index in [9.17, 15) is 9.59 Å². The highest BCUT2D eigenvalue weighted by Crippen LogP contribution is 2.31. The standard InChI is InChI=1S/C16H22N2O3.ClH/c1-21-13-6-4-12(5-7-13)15(19)8-9-16(20)18-10-14(17)11-2-3-11;/h4-7,11,14H,2-3,8-10,17H2,1H3,(H,18,20);1H. The topological polar surface area (TPSA) is 81.4 Å². The number of methoxy groups -OCH3 is 1. The smallest absolute Gasteiger partial charge is 0.220 e. The molecule has 0 heterocycles. The molecule has 0 aliphatic heterocycles. The Hall–Kier alpha value is -1.59. The van der Waals surface area contributed by atoms with Gasteiger partial charge in [-0.15, -0.1) is 12.4 Å². The number of rotatable bonds is 8. The fraction of sp³-hybridized carbons (Fsp3) is 0.500. The lowest BCUT2D eigenvalue weighted by Gasteiger charge is -2.11. The Balaban J connectivity index is 0.00000242. The van der Waals surface area contributed by atoms with Crippen LogP contribution in [0.15, 0.2) is 24.3 Å². The van der Waals surface area contributed by atoms with Crippen LogP contribution in [0, 0.1) is 5.92 Å². The van der Waals surface area contributed by atoms with Crippen LogP contribution >= 0.6 is 12.4 Å². The van der Waals surface area contributed by atoms with Gasteiger partial charge in [-0.25, -0.2) is 0 Å². The number of amides is 1. The summed E-state index contributed by atoms with van der Waals surface area (Å²) in [5, 5.41) is 2.79. The number of carbonyl (C=O) groups excluding carboxylic acids is 2. The van der Waals surface area contributed by atoms with Crippen LogP contribution in [-0.2, 0) is 4.79 Å². The van der Waals surface area contributed by atoms with Crippen molar-refractivity contribution in [1.29, 1.82) is 0 Å². The fourth-order valence-corrected chi connectivity index (χ4v) is 2.16. The monoisotopic (exact) mass is 326 g/mol. The lowest BCUT2D eigenvalue weighted by Crippen LogP contribution is -2.38. The number of nitrogens with two attached hydrogens (primary N) is 1. The molecule has 1 amide bonds. The van der Waals surface area contributed by atoms with Crippen LogP contribution in [0.1, 0.15) is 36.0 Å². The van der Waals surface area contributed by atoms with Crippen molar-refractivity contribution in [2.24, 2.45) is 11.7 Å². The maximum absolute atomic E-state index is 12.0. The van der Waals surface area contributed by atoms with Crippen molar-refractivity contribution in [3.63, 3.8) is 0 Å². The highest BCUT2D eigenvalue weighted by atomic mass is 35.5. The zero-order valence-corrected chi connectivity index (χ0v) is 13.5. The molecule has 1 fully saturated rings. The van der Waals surface area contributed by atoms with E-state index < -0.39 is 0 Å². The van der Waals surface area contributed by atoms with E-state index >= 15 is 0 Å². The van der Waals surface area contributed by atoms with Gasteiger partial charge < -0.3 is 15.8 Å². The van der Waals surface area contributed by atoms with Crippen LogP contribution in [0.25, 0.3) is 0 Å². The number of Topliss-reactive ketones (excluding diaryl/α,β-unsaturated/α-hetero) is 1. The quantitative estimate of drug-likeness (QED) is 0.715. The Labute approximate surface area is 137 Å². The zero-order chi connectivity index (χ0) is 15.2. The van der Waals surface area contributed by atoms with E-state index in [-0.39, 0.29) is 43.0 Å². The first-order valence-electron chi connectivity index (χ1n) is 7.29. The SMILES string of the molecule is COc1ccc(C(=O)CCC(=O)NCC(N)C2CC2)cc1.Cl. The molecule has 0 aromatic heterocycles. The summed E-state index contributed by atoms with van der Waals surface area (Å²) in [6.07, 6.45) is 2.72. The third-order valence-electron chi connectivity index (χ3n) is 3.75. The predicted molar refractivity (Wildman–Crippen MR) is 87.5 cm³/mol. The summed E-state index contributed by atoms with van der Waals surface area (Å²) in [5.74, 6) is 1.11. The number of hydrogen-bond acceptors (Lipinski definition) is 4. The second-order valence-corrected chi connectivity index (χ2v) is 5.46. The first-order valence-corrected chi connectivity index (χ1v) is 7.29. The number of ether oxygens (including phenoxy) is 1. The third kappa shape index (κ3) is 5.66. The highest BCUT2D eigenvalue weighted by Gasteiger charge is 2.28. The molecular weight excluding hydrogens is 304 g/mol. The molecule has 1 unspecified atom stereocenters. The van der Waals surface area contributed by atoms with Crippen LogP contribution in [0.4, 0.5) is 0 Å². The van der Waals surface area contributed by atoms with E-state index in [0.717, 1.165) is 12.8 Å². The molecule has 1 aliphatic rings. The second-order valence-electron chi connectivity index (χ2n) is 5.46. The first kappa shape index (κ1) is 18.5. The summed E-state index contributed by atoms with van der Waals surface area (Å²) >= 11 is 0. The molecule has 3 N–H and O–H groups in total. The van der Waals surface area contributed by atoms with Crippen LogP contribution in [0.5, 0.6) is 5.75 Å². The average molecular weight is 327 g/mol. The lowest BCUT2D eigenvalue weighted by molar-refractivity contribution is -0.121. The van der Waals surface area contributed by atoms with E-state index in [1.807, 2.05) is 0 Å². The molecule has 1 aromatic carbocycles. The molecule has 22 heavy (non-hydrogen) atoms. The van der Waals surface area contributed by atoms with E-state index in [0.29, 0.717) is 23.8 Å². The van der Waals surface area contributed by atoms with Gasteiger partial charge in [0.15, 0.2) is 5.78 Å². The van der Waals surface area contributed by atoms with Gasteiger partial charge in [-0.1, -0.05) is 0 Å². The molecule has 0 saturated heterocycles. The summed E-state index contributed by atoms with van der Waals surface area (Å²) in [7, 11) is 1.58. The summed E-state index contributed by atoms with van der Waals surface area (Å²) < 4.78 is 5.04. The third-order valence-corrected chi connectivity index (χ3v) is 3.75. The maximum atomic E-state index is 12.0. The number of carbonyl (C=O) groups is 2. The largest absolute Gasteiger partial charge is 0.497 e. The van der Waals surface area contributed by atoms with Gasteiger partial charge in [-0.2, -0.15) is 0 Å². The predicted octanol–water partition coefficient (Wildman–Crippen LogP) is 1.93. The molecule has 0 radical (unpaired) electrons. The number of halogens is 1. The van der Waals surface area contributed by atoms with E-state index in [1.54, 1.807) is 31.4 Å². The van der Waals surface area contributed by atoms with E-state index in [1.165, 1.54) is 0 Å². The molecule has 1 aliphatic carbocycles. The molecule has 1 saturated carbocycles. The molecule has 0 bridgehead atoms. The van der Waals surface area contributed by atoms with Gasteiger partial charge >= 0.3 is 0 Å². The molecule has 6 heteroatoms. The molecule has 1 aromatic rings. The van der Waals surface area contributed by atoms with E-state index in [2.05, 4.69) is 5.32 Å². The Morgan fingerprint density at radius 3 is 2.45 bits per heavy atom.